The number of rotatable bonds is 2. The molecule has 0 atom stereocenters. The molecule has 2 heterocycles. The lowest BCUT2D eigenvalue weighted by atomic mass is 9.83. The summed E-state index contributed by atoms with van der Waals surface area (Å²) in [5, 5.41) is 5.89. The highest BCUT2D eigenvalue weighted by Gasteiger charge is 2.26. The Morgan fingerprint density at radius 3 is 2.35 bits per heavy atom. The zero-order valence-electron chi connectivity index (χ0n) is 17.1. The van der Waals surface area contributed by atoms with Crippen molar-refractivity contribution in [2.75, 3.05) is 0 Å². The van der Waals surface area contributed by atoms with Crippen molar-refractivity contribution in [3.63, 3.8) is 0 Å². The number of fused-ring (bicyclic) bond motifs is 4. The van der Waals surface area contributed by atoms with E-state index in [0.717, 1.165) is 57.6 Å². The summed E-state index contributed by atoms with van der Waals surface area (Å²) in [5.41, 5.74) is 9.58. The van der Waals surface area contributed by atoms with Crippen molar-refractivity contribution in [2.45, 2.75) is 19.8 Å². The predicted molar refractivity (Wildman–Crippen MR) is 122 cm³/mol. The molecule has 0 saturated carbocycles. The summed E-state index contributed by atoms with van der Waals surface area (Å²) in [6, 6.07) is 25.4. The molecule has 0 spiro atoms. The van der Waals surface area contributed by atoms with Crippen LogP contribution in [-0.4, -0.2) is 14.8 Å². The van der Waals surface area contributed by atoms with Gasteiger partial charge in [-0.05, 0) is 60.7 Å². The minimum absolute atomic E-state index is 0.236. The maximum absolute atomic E-state index is 13.8. The molecule has 1 aliphatic rings. The molecule has 0 aliphatic heterocycles. The zero-order chi connectivity index (χ0) is 20.9. The van der Waals surface area contributed by atoms with E-state index in [1.807, 2.05) is 54.1 Å². The molecule has 3 aromatic carbocycles. The van der Waals surface area contributed by atoms with Crippen LogP contribution in [0, 0.1) is 12.7 Å². The van der Waals surface area contributed by atoms with E-state index in [-0.39, 0.29) is 5.82 Å². The molecule has 31 heavy (non-hydrogen) atoms. The number of nitrogens with zero attached hydrogens (tertiary/aromatic N) is 3. The van der Waals surface area contributed by atoms with Crippen LogP contribution in [0.5, 0.6) is 0 Å². The van der Waals surface area contributed by atoms with Gasteiger partial charge in [-0.3, -0.25) is 0 Å². The Hall–Kier alpha value is -3.79. The van der Waals surface area contributed by atoms with Gasteiger partial charge in [-0.15, -0.1) is 0 Å². The monoisotopic (exact) mass is 405 g/mol. The Kier molecular flexibility index (Phi) is 4.00. The van der Waals surface area contributed by atoms with Crippen LogP contribution >= 0.6 is 0 Å². The summed E-state index contributed by atoms with van der Waals surface area (Å²) in [4.78, 5) is 5.14. The predicted octanol–water partition coefficient (Wildman–Crippen LogP) is 6.30. The highest BCUT2D eigenvalue weighted by Crippen LogP contribution is 2.44. The van der Waals surface area contributed by atoms with Crippen molar-refractivity contribution in [3.05, 3.63) is 102 Å². The number of para-hydroxylation sites is 1. The van der Waals surface area contributed by atoms with E-state index in [9.17, 15) is 4.39 Å². The molecule has 0 fully saturated rings. The standard InChI is InChI=1S/C27H20FN3/c1-17-24-25(19-11-14-20(28)15-12-19)26-22-10-6-5-7-18(22)13-16-23(26)29-27(24)31(30-17)21-8-3-2-4-9-21/h2-12,14-15H,13,16H2,1H3. The average Bonchev–Trinajstić information content (AvgIpc) is 3.15. The lowest BCUT2D eigenvalue weighted by Gasteiger charge is -2.23. The average molecular weight is 405 g/mol. The number of aryl methyl sites for hydroxylation is 3. The molecule has 5 aromatic rings. The van der Waals surface area contributed by atoms with Crippen LogP contribution in [0.15, 0.2) is 78.9 Å². The molecule has 1 aliphatic carbocycles. The first kappa shape index (κ1) is 18.0. The van der Waals surface area contributed by atoms with Crippen LogP contribution in [0.2, 0.25) is 0 Å². The van der Waals surface area contributed by atoms with Crippen LogP contribution in [0.3, 0.4) is 0 Å². The van der Waals surface area contributed by atoms with Crippen molar-refractivity contribution < 1.29 is 4.39 Å². The van der Waals surface area contributed by atoms with Gasteiger partial charge in [0.2, 0.25) is 0 Å². The fourth-order valence-corrected chi connectivity index (χ4v) is 4.72. The maximum Gasteiger partial charge on any atom is 0.164 e. The molecule has 0 amide bonds. The molecule has 2 aromatic heterocycles. The van der Waals surface area contributed by atoms with Gasteiger partial charge in [0.25, 0.3) is 0 Å². The first-order chi connectivity index (χ1) is 15.2. The van der Waals surface area contributed by atoms with Gasteiger partial charge < -0.3 is 0 Å². The fourth-order valence-electron chi connectivity index (χ4n) is 4.72. The number of aromatic nitrogens is 3. The summed E-state index contributed by atoms with van der Waals surface area (Å²) in [5.74, 6) is -0.236. The van der Waals surface area contributed by atoms with E-state index in [0.29, 0.717) is 0 Å². The van der Waals surface area contributed by atoms with Crippen LogP contribution in [0.1, 0.15) is 17.0 Å². The molecule has 150 valence electrons. The Balaban J connectivity index is 1.76. The second-order valence-corrected chi connectivity index (χ2v) is 8.00. The van der Waals surface area contributed by atoms with Crippen LogP contribution < -0.4 is 0 Å². The molecule has 0 unspecified atom stereocenters. The second kappa shape index (κ2) is 6.88. The Morgan fingerprint density at radius 1 is 0.806 bits per heavy atom. The SMILES string of the molecule is Cc1nn(-c2ccccc2)c2nc3c(c(-c4ccc(F)cc4)c12)-c1ccccc1CC3. The smallest absolute Gasteiger partial charge is 0.164 e. The maximum atomic E-state index is 13.8. The molecule has 6 rings (SSSR count). The molecule has 0 bridgehead atoms. The Labute approximate surface area is 179 Å². The number of hydrogen-bond acceptors (Lipinski definition) is 2. The summed E-state index contributed by atoms with van der Waals surface area (Å²) >= 11 is 0. The first-order valence-electron chi connectivity index (χ1n) is 10.5. The van der Waals surface area contributed by atoms with Gasteiger partial charge in [0.05, 0.1) is 22.5 Å². The Morgan fingerprint density at radius 2 is 1.55 bits per heavy atom. The highest BCUT2D eigenvalue weighted by molar-refractivity contribution is 6.04. The number of hydrogen-bond donors (Lipinski definition) is 0. The van der Waals surface area contributed by atoms with Gasteiger partial charge in [-0.25, -0.2) is 14.1 Å². The minimum Gasteiger partial charge on any atom is -0.232 e. The highest BCUT2D eigenvalue weighted by atomic mass is 19.1. The minimum atomic E-state index is -0.236. The summed E-state index contributed by atoms with van der Waals surface area (Å²) in [6.07, 6.45) is 1.83. The number of halogens is 1. The second-order valence-electron chi connectivity index (χ2n) is 8.00. The molecule has 0 saturated heterocycles. The van der Waals surface area contributed by atoms with Crippen molar-refractivity contribution in [2.24, 2.45) is 0 Å². The van der Waals surface area contributed by atoms with Gasteiger partial charge in [0.1, 0.15) is 5.82 Å². The third-order valence-electron chi connectivity index (χ3n) is 6.12. The van der Waals surface area contributed by atoms with Crippen LogP contribution in [0.25, 0.3) is 39.0 Å². The van der Waals surface area contributed by atoms with E-state index in [2.05, 4.69) is 24.3 Å². The zero-order valence-corrected chi connectivity index (χ0v) is 17.1. The van der Waals surface area contributed by atoms with Crippen molar-refractivity contribution >= 4 is 11.0 Å². The van der Waals surface area contributed by atoms with Crippen molar-refractivity contribution in [3.8, 4) is 27.9 Å². The topological polar surface area (TPSA) is 30.7 Å². The largest absolute Gasteiger partial charge is 0.232 e. The van der Waals surface area contributed by atoms with E-state index in [4.69, 9.17) is 10.1 Å². The van der Waals surface area contributed by atoms with E-state index in [1.54, 1.807) is 0 Å². The fraction of sp³-hybridized carbons (Fsp3) is 0.111. The van der Waals surface area contributed by atoms with E-state index < -0.39 is 0 Å². The lowest BCUT2D eigenvalue weighted by molar-refractivity contribution is 0.628. The molecule has 0 radical (unpaired) electrons. The molecular formula is C27H20FN3. The summed E-state index contributed by atoms with van der Waals surface area (Å²) < 4.78 is 15.7. The molecule has 4 heteroatoms. The van der Waals surface area contributed by atoms with E-state index in [1.165, 1.54) is 23.3 Å². The van der Waals surface area contributed by atoms with E-state index >= 15 is 0 Å². The Bertz CT molecular complexity index is 1430. The first-order valence-corrected chi connectivity index (χ1v) is 10.5. The van der Waals surface area contributed by atoms with Gasteiger partial charge in [-0.1, -0.05) is 54.6 Å². The van der Waals surface area contributed by atoms with Gasteiger partial charge in [0.15, 0.2) is 5.65 Å². The van der Waals surface area contributed by atoms with Gasteiger partial charge in [0, 0.05) is 11.1 Å². The summed E-state index contributed by atoms with van der Waals surface area (Å²) in [6.45, 7) is 2.03. The normalized spacial score (nSPS) is 12.6. The molecule has 3 nitrogen and oxygen atoms in total. The van der Waals surface area contributed by atoms with Gasteiger partial charge in [-0.2, -0.15) is 5.10 Å². The lowest BCUT2D eigenvalue weighted by Crippen LogP contribution is -2.09. The quantitative estimate of drug-likeness (QED) is 0.345. The number of benzene rings is 3. The van der Waals surface area contributed by atoms with Crippen LogP contribution in [0.4, 0.5) is 4.39 Å². The summed E-state index contributed by atoms with van der Waals surface area (Å²) in [7, 11) is 0. The third-order valence-corrected chi connectivity index (χ3v) is 6.12. The van der Waals surface area contributed by atoms with Gasteiger partial charge >= 0.3 is 0 Å². The number of pyridine rings is 1. The van der Waals surface area contributed by atoms with Crippen molar-refractivity contribution in [1.29, 1.82) is 0 Å². The van der Waals surface area contributed by atoms with Crippen LogP contribution in [-0.2, 0) is 12.8 Å². The molecular weight excluding hydrogens is 385 g/mol. The van der Waals surface area contributed by atoms with Crippen molar-refractivity contribution in [1.82, 2.24) is 14.8 Å². The molecule has 0 N–H and O–H groups in total. The third kappa shape index (κ3) is 2.79.